The minimum Gasteiger partial charge on any atom is -0.310 e. The van der Waals surface area contributed by atoms with Crippen LogP contribution in [0.1, 0.15) is 26.7 Å². The number of hydrogen-bond acceptors (Lipinski definition) is 6. The predicted molar refractivity (Wildman–Crippen MR) is 112 cm³/mol. The Morgan fingerprint density at radius 1 is 1.21 bits per heavy atom. The molecule has 152 valence electrons. The van der Waals surface area contributed by atoms with Gasteiger partial charge < -0.3 is 10.2 Å². The molecule has 0 unspecified atom stereocenters. The quantitative estimate of drug-likeness (QED) is 0.717. The van der Waals surface area contributed by atoms with Gasteiger partial charge in [-0.15, -0.1) is 5.10 Å². The third kappa shape index (κ3) is 4.59. The van der Waals surface area contributed by atoms with Gasteiger partial charge in [-0.1, -0.05) is 19.1 Å². The van der Waals surface area contributed by atoms with E-state index in [-0.39, 0.29) is 11.8 Å². The number of rotatable bonds is 5. The Labute approximate surface area is 170 Å². The smallest absolute Gasteiger partial charge is 0.229 e. The molecule has 1 aliphatic heterocycles. The van der Waals surface area contributed by atoms with Gasteiger partial charge in [0.15, 0.2) is 0 Å². The van der Waals surface area contributed by atoms with E-state index in [1.54, 1.807) is 17.1 Å². The van der Waals surface area contributed by atoms with Crippen molar-refractivity contribution in [2.45, 2.75) is 26.7 Å². The minimum atomic E-state index is 0.00703. The number of piperidine rings is 1. The lowest BCUT2D eigenvalue weighted by molar-refractivity contribution is -0.121. The first-order valence-electron chi connectivity index (χ1n) is 10.1. The maximum Gasteiger partial charge on any atom is 0.229 e. The number of fused-ring (bicyclic) bond motifs is 1. The molecule has 0 aromatic carbocycles. The molecule has 0 radical (unpaired) electrons. The molecule has 0 spiro atoms. The molecular weight excluding hydrogens is 366 g/mol. The van der Waals surface area contributed by atoms with Gasteiger partial charge in [0.25, 0.3) is 0 Å². The lowest BCUT2D eigenvalue weighted by atomic mass is 9.96. The zero-order valence-corrected chi connectivity index (χ0v) is 17.2. The first kappa shape index (κ1) is 19.4. The largest absolute Gasteiger partial charge is 0.310 e. The molecule has 0 aliphatic carbocycles. The van der Waals surface area contributed by atoms with Crippen molar-refractivity contribution in [3.05, 3.63) is 30.7 Å². The molecule has 8 nitrogen and oxygen atoms in total. The van der Waals surface area contributed by atoms with Gasteiger partial charge in [-0.3, -0.25) is 14.5 Å². The number of nitrogens with zero attached hydrogens (tertiary/aromatic N) is 6. The lowest BCUT2D eigenvalue weighted by Crippen LogP contribution is -2.42. The van der Waals surface area contributed by atoms with E-state index in [1.165, 1.54) is 0 Å². The summed E-state index contributed by atoms with van der Waals surface area (Å²) in [7, 11) is 1.82. The van der Waals surface area contributed by atoms with E-state index in [0.717, 1.165) is 48.9 Å². The Morgan fingerprint density at radius 2 is 2.03 bits per heavy atom. The van der Waals surface area contributed by atoms with Gasteiger partial charge >= 0.3 is 0 Å². The molecule has 29 heavy (non-hydrogen) atoms. The Morgan fingerprint density at radius 3 is 2.79 bits per heavy atom. The van der Waals surface area contributed by atoms with Crippen LogP contribution in [0.5, 0.6) is 0 Å². The fourth-order valence-corrected chi connectivity index (χ4v) is 3.89. The van der Waals surface area contributed by atoms with Crippen molar-refractivity contribution in [2.24, 2.45) is 18.9 Å². The van der Waals surface area contributed by atoms with Gasteiger partial charge in [-0.05, 0) is 42.8 Å². The van der Waals surface area contributed by atoms with Crippen molar-refractivity contribution in [2.75, 3.05) is 25.0 Å². The number of likely N-dealkylation sites (tertiary alicyclic amines) is 1. The van der Waals surface area contributed by atoms with Crippen LogP contribution in [0.4, 0.5) is 5.82 Å². The molecule has 1 amide bonds. The predicted octanol–water partition coefficient (Wildman–Crippen LogP) is 2.73. The van der Waals surface area contributed by atoms with Crippen molar-refractivity contribution in [3.8, 4) is 11.4 Å². The number of hydrogen-bond donors (Lipinski definition) is 1. The zero-order chi connectivity index (χ0) is 20.4. The van der Waals surface area contributed by atoms with Crippen LogP contribution in [0, 0.1) is 11.8 Å². The van der Waals surface area contributed by atoms with Gasteiger partial charge in [-0.2, -0.15) is 0 Å². The SMILES string of the molecule is CC(C)CN1CCC[C@@H](C(=O)Nc2cc3cc(-c4cn(C)nn4)ncc3cn2)C1. The Kier molecular flexibility index (Phi) is 5.53. The zero-order valence-electron chi connectivity index (χ0n) is 17.2. The van der Waals surface area contributed by atoms with Gasteiger partial charge in [-0.25, -0.2) is 4.98 Å². The summed E-state index contributed by atoms with van der Waals surface area (Å²) in [5.41, 5.74) is 1.45. The Balaban J connectivity index is 1.49. The number of pyridine rings is 2. The molecule has 1 fully saturated rings. The topological polar surface area (TPSA) is 88.8 Å². The summed E-state index contributed by atoms with van der Waals surface area (Å²) in [4.78, 5) is 24.0. The molecular formula is C21H27N7O. The summed E-state index contributed by atoms with van der Waals surface area (Å²) in [5, 5.41) is 13.0. The molecule has 4 heterocycles. The van der Waals surface area contributed by atoms with E-state index >= 15 is 0 Å². The number of carbonyl (C=O) groups is 1. The third-order valence-electron chi connectivity index (χ3n) is 5.22. The number of amides is 1. The molecule has 1 atom stereocenters. The molecule has 1 saturated heterocycles. The maximum absolute atomic E-state index is 12.8. The van der Waals surface area contributed by atoms with Gasteiger partial charge in [0.05, 0.1) is 17.8 Å². The monoisotopic (exact) mass is 393 g/mol. The molecule has 0 saturated carbocycles. The summed E-state index contributed by atoms with van der Waals surface area (Å²) >= 11 is 0. The van der Waals surface area contributed by atoms with Crippen LogP contribution in [0.15, 0.2) is 30.7 Å². The summed E-state index contributed by atoms with van der Waals surface area (Å²) in [6.45, 7) is 7.36. The molecule has 8 heteroatoms. The van der Waals surface area contributed by atoms with Crippen molar-refractivity contribution >= 4 is 22.5 Å². The van der Waals surface area contributed by atoms with Crippen LogP contribution >= 0.6 is 0 Å². The number of aryl methyl sites for hydroxylation is 1. The Bertz CT molecular complexity index is 1010. The maximum atomic E-state index is 12.8. The van der Waals surface area contributed by atoms with Crippen molar-refractivity contribution in [1.82, 2.24) is 29.9 Å². The average molecular weight is 393 g/mol. The highest BCUT2D eigenvalue weighted by molar-refractivity contribution is 5.94. The van der Waals surface area contributed by atoms with E-state index in [4.69, 9.17) is 0 Å². The van der Waals surface area contributed by atoms with Crippen molar-refractivity contribution in [3.63, 3.8) is 0 Å². The Hall–Kier alpha value is -2.87. The normalized spacial score (nSPS) is 17.7. The second-order valence-corrected chi connectivity index (χ2v) is 8.25. The number of anilines is 1. The van der Waals surface area contributed by atoms with E-state index < -0.39 is 0 Å². The van der Waals surface area contributed by atoms with Gasteiger partial charge in [0, 0.05) is 37.9 Å². The third-order valence-corrected chi connectivity index (χ3v) is 5.22. The van der Waals surface area contributed by atoms with Crippen LogP contribution in [-0.2, 0) is 11.8 Å². The van der Waals surface area contributed by atoms with Crippen LogP contribution in [0.25, 0.3) is 22.2 Å². The second kappa shape index (κ2) is 8.24. The van der Waals surface area contributed by atoms with Crippen LogP contribution in [0.3, 0.4) is 0 Å². The first-order chi connectivity index (χ1) is 14.0. The number of aromatic nitrogens is 5. The van der Waals surface area contributed by atoms with E-state index in [0.29, 0.717) is 17.4 Å². The standard InChI is InChI=1S/C21H27N7O/c1-14(2)11-28-6-4-5-15(12-28)21(29)24-20-8-16-7-18(19-13-27(3)26-25-19)22-9-17(16)10-23-20/h7-10,13-15H,4-6,11-12H2,1-3H3,(H,23,24,29)/t15-/m1/s1. The highest BCUT2D eigenvalue weighted by Gasteiger charge is 2.26. The fourth-order valence-electron chi connectivity index (χ4n) is 3.89. The molecule has 3 aromatic heterocycles. The number of carbonyl (C=O) groups excluding carboxylic acids is 1. The van der Waals surface area contributed by atoms with Crippen LogP contribution < -0.4 is 5.32 Å². The average Bonchev–Trinajstić information content (AvgIpc) is 3.13. The minimum absolute atomic E-state index is 0.00703. The van der Waals surface area contributed by atoms with Crippen LogP contribution in [0.2, 0.25) is 0 Å². The molecule has 1 aliphatic rings. The highest BCUT2D eigenvalue weighted by Crippen LogP contribution is 2.23. The lowest BCUT2D eigenvalue weighted by Gasteiger charge is -2.32. The highest BCUT2D eigenvalue weighted by atomic mass is 16.2. The number of nitrogens with one attached hydrogen (secondary N) is 1. The van der Waals surface area contributed by atoms with E-state index in [1.807, 2.05) is 25.4 Å². The molecule has 0 bridgehead atoms. The first-order valence-corrected chi connectivity index (χ1v) is 10.1. The molecule has 1 N–H and O–H groups in total. The van der Waals surface area contributed by atoms with E-state index in [9.17, 15) is 4.79 Å². The summed E-state index contributed by atoms with van der Waals surface area (Å²) in [6, 6.07) is 3.84. The fraction of sp³-hybridized carbons (Fsp3) is 0.476. The van der Waals surface area contributed by atoms with Crippen molar-refractivity contribution in [1.29, 1.82) is 0 Å². The van der Waals surface area contributed by atoms with Crippen molar-refractivity contribution < 1.29 is 4.79 Å². The summed E-state index contributed by atoms with van der Waals surface area (Å²) in [5.74, 6) is 1.23. The second-order valence-electron chi connectivity index (χ2n) is 8.25. The van der Waals surface area contributed by atoms with Crippen LogP contribution in [-0.4, -0.2) is 55.4 Å². The summed E-state index contributed by atoms with van der Waals surface area (Å²) in [6.07, 6.45) is 7.31. The van der Waals surface area contributed by atoms with Gasteiger partial charge in [0.1, 0.15) is 11.5 Å². The summed E-state index contributed by atoms with van der Waals surface area (Å²) < 4.78 is 1.64. The molecule has 4 rings (SSSR count). The van der Waals surface area contributed by atoms with E-state index in [2.05, 4.69) is 44.3 Å². The molecule has 3 aromatic rings. The van der Waals surface area contributed by atoms with Gasteiger partial charge in [0.2, 0.25) is 5.91 Å².